The van der Waals surface area contributed by atoms with Crippen molar-refractivity contribution in [3.63, 3.8) is 0 Å². The minimum Gasteiger partial charge on any atom is -0.497 e. The van der Waals surface area contributed by atoms with Crippen molar-refractivity contribution in [2.45, 2.75) is 25.2 Å². The zero-order valence-corrected chi connectivity index (χ0v) is 19.7. The van der Waals surface area contributed by atoms with Gasteiger partial charge < -0.3 is 19.7 Å². The van der Waals surface area contributed by atoms with Crippen LogP contribution in [-0.4, -0.2) is 47.1 Å². The number of methoxy groups -OCH3 is 1. The molecule has 1 unspecified atom stereocenters. The Bertz CT molecular complexity index is 1400. The minimum atomic E-state index is -0.0647. The number of aromatic nitrogens is 2. The Morgan fingerprint density at radius 3 is 3.00 bits per heavy atom. The van der Waals surface area contributed by atoms with Crippen molar-refractivity contribution in [3.05, 3.63) is 78.1 Å². The molecule has 4 heterocycles. The first kappa shape index (κ1) is 21.5. The van der Waals surface area contributed by atoms with Crippen molar-refractivity contribution in [1.29, 1.82) is 0 Å². The number of imidazole rings is 1. The molecule has 2 aliphatic heterocycles. The van der Waals surface area contributed by atoms with Crippen LogP contribution in [-0.2, 0) is 6.42 Å². The summed E-state index contributed by atoms with van der Waals surface area (Å²) >= 11 is 0. The van der Waals surface area contributed by atoms with E-state index in [0.717, 1.165) is 71.2 Å². The second-order valence-electron chi connectivity index (χ2n) is 9.14. The highest BCUT2D eigenvalue weighted by Gasteiger charge is 2.29. The number of hydrogen-bond acceptors (Lipinski definition) is 4. The molecule has 7 heteroatoms. The van der Waals surface area contributed by atoms with Gasteiger partial charge in [0.05, 0.1) is 24.9 Å². The number of likely N-dealkylation sites (tertiary alicyclic amines) is 1. The van der Waals surface area contributed by atoms with E-state index in [1.54, 1.807) is 7.11 Å². The van der Waals surface area contributed by atoms with Gasteiger partial charge in [0.2, 0.25) is 0 Å². The van der Waals surface area contributed by atoms with Gasteiger partial charge in [-0.25, -0.2) is 9.78 Å². The van der Waals surface area contributed by atoms with Crippen LogP contribution in [0.15, 0.2) is 66.9 Å². The zero-order valence-electron chi connectivity index (χ0n) is 19.7. The lowest BCUT2D eigenvalue weighted by atomic mass is 9.94. The van der Waals surface area contributed by atoms with Gasteiger partial charge in [-0.05, 0) is 60.9 Å². The van der Waals surface area contributed by atoms with E-state index in [-0.39, 0.29) is 11.9 Å². The number of nitrogens with one attached hydrogen (secondary N) is 1. The van der Waals surface area contributed by atoms with E-state index in [0.29, 0.717) is 13.2 Å². The number of hydrogen-bond donors (Lipinski definition) is 1. The first-order valence-electron chi connectivity index (χ1n) is 12.1. The Labute approximate surface area is 204 Å². The molecule has 0 spiro atoms. The standard InChI is InChI=1S/C28H28N4O3/c1-34-23-8-4-6-20(17-23)27-30-26(24-9-2-3-14-32(24)27)21-7-5-13-31(18-21)28(33)29-22-10-11-25-19(16-22)12-15-35-25/h2-4,6,8-11,14,16-17,21H,5,7,12-13,15,18H2,1H3,(H,29,33). The van der Waals surface area contributed by atoms with Crippen LogP contribution in [0.2, 0.25) is 0 Å². The number of pyridine rings is 1. The van der Waals surface area contributed by atoms with Gasteiger partial charge in [-0.1, -0.05) is 18.2 Å². The minimum absolute atomic E-state index is 0.0647. The van der Waals surface area contributed by atoms with Crippen LogP contribution in [0.3, 0.4) is 0 Å². The number of carbonyl (C=O) groups is 1. The second-order valence-corrected chi connectivity index (χ2v) is 9.14. The molecule has 178 valence electrons. The fourth-order valence-corrected chi connectivity index (χ4v) is 5.18. The van der Waals surface area contributed by atoms with E-state index in [2.05, 4.69) is 21.9 Å². The summed E-state index contributed by atoms with van der Waals surface area (Å²) in [5, 5.41) is 3.09. The molecular formula is C28H28N4O3. The molecule has 0 bridgehead atoms. The number of piperidine rings is 1. The molecule has 35 heavy (non-hydrogen) atoms. The smallest absolute Gasteiger partial charge is 0.321 e. The molecule has 1 saturated heterocycles. The summed E-state index contributed by atoms with van der Waals surface area (Å²) in [6.45, 7) is 2.08. The monoisotopic (exact) mass is 468 g/mol. The molecule has 2 amide bonds. The third-order valence-corrected chi connectivity index (χ3v) is 6.94. The largest absolute Gasteiger partial charge is 0.497 e. The predicted octanol–water partition coefficient (Wildman–Crippen LogP) is 5.36. The van der Waals surface area contributed by atoms with E-state index in [9.17, 15) is 4.79 Å². The van der Waals surface area contributed by atoms with Crippen LogP contribution in [0.1, 0.15) is 30.0 Å². The zero-order chi connectivity index (χ0) is 23.8. The van der Waals surface area contributed by atoms with Crippen LogP contribution >= 0.6 is 0 Å². The predicted molar refractivity (Wildman–Crippen MR) is 135 cm³/mol. The number of anilines is 1. The Hall–Kier alpha value is -4.00. The van der Waals surface area contributed by atoms with Gasteiger partial charge in [0, 0.05) is 42.9 Å². The number of ether oxygens (including phenoxy) is 2. The summed E-state index contributed by atoms with van der Waals surface area (Å²) in [5.74, 6) is 2.77. The molecule has 2 aliphatic rings. The average molecular weight is 469 g/mol. The first-order chi connectivity index (χ1) is 17.2. The van der Waals surface area contributed by atoms with Crippen molar-refractivity contribution in [2.75, 3.05) is 32.1 Å². The highest BCUT2D eigenvalue weighted by molar-refractivity contribution is 5.89. The highest BCUT2D eigenvalue weighted by Crippen LogP contribution is 2.34. The molecule has 1 atom stereocenters. The average Bonchev–Trinajstić information content (AvgIpc) is 3.53. The lowest BCUT2D eigenvalue weighted by Gasteiger charge is -2.32. The molecule has 2 aromatic heterocycles. The van der Waals surface area contributed by atoms with E-state index >= 15 is 0 Å². The Morgan fingerprint density at radius 2 is 2.09 bits per heavy atom. The lowest BCUT2D eigenvalue weighted by Crippen LogP contribution is -2.41. The van der Waals surface area contributed by atoms with Gasteiger partial charge >= 0.3 is 6.03 Å². The van der Waals surface area contributed by atoms with Crippen molar-refractivity contribution in [3.8, 4) is 22.9 Å². The normalized spacial score (nSPS) is 17.2. The third kappa shape index (κ3) is 4.07. The number of amides is 2. The van der Waals surface area contributed by atoms with Crippen LogP contribution in [0, 0.1) is 0 Å². The van der Waals surface area contributed by atoms with Crippen molar-refractivity contribution in [2.24, 2.45) is 0 Å². The molecule has 7 nitrogen and oxygen atoms in total. The van der Waals surface area contributed by atoms with Crippen LogP contribution in [0.25, 0.3) is 16.9 Å². The van der Waals surface area contributed by atoms with Gasteiger partial charge in [-0.15, -0.1) is 0 Å². The van der Waals surface area contributed by atoms with Crippen LogP contribution < -0.4 is 14.8 Å². The SMILES string of the molecule is COc1cccc(-c2nc(C3CCCN(C(=O)Nc4ccc5c(c4)CCO5)C3)c3ccccn23)c1. The summed E-state index contributed by atoms with van der Waals surface area (Å²) in [5.41, 5.74) is 5.08. The fourth-order valence-electron chi connectivity index (χ4n) is 5.18. The van der Waals surface area contributed by atoms with Crippen LogP contribution in [0.5, 0.6) is 11.5 Å². The summed E-state index contributed by atoms with van der Waals surface area (Å²) in [6, 6.07) is 19.9. The van der Waals surface area contributed by atoms with Crippen molar-refractivity contribution in [1.82, 2.24) is 14.3 Å². The fraction of sp³-hybridized carbons (Fsp3) is 0.286. The number of nitrogens with zero attached hydrogens (tertiary/aromatic N) is 3. The maximum Gasteiger partial charge on any atom is 0.321 e. The molecule has 0 saturated carbocycles. The molecule has 6 rings (SSSR count). The van der Waals surface area contributed by atoms with Crippen molar-refractivity contribution >= 4 is 17.2 Å². The Balaban J connectivity index is 1.26. The molecule has 1 N–H and O–H groups in total. The van der Waals surface area contributed by atoms with Gasteiger partial charge in [-0.2, -0.15) is 0 Å². The van der Waals surface area contributed by atoms with Gasteiger partial charge in [-0.3, -0.25) is 4.40 Å². The molecule has 0 radical (unpaired) electrons. The Kier molecular flexibility index (Phi) is 5.52. The van der Waals surface area contributed by atoms with Gasteiger partial charge in [0.1, 0.15) is 17.3 Å². The van der Waals surface area contributed by atoms with E-state index in [1.165, 1.54) is 0 Å². The van der Waals surface area contributed by atoms with E-state index in [4.69, 9.17) is 14.5 Å². The Morgan fingerprint density at radius 1 is 1.14 bits per heavy atom. The summed E-state index contributed by atoms with van der Waals surface area (Å²) < 4.78 is 13.1. The number of benzene rings is 2. The summed E-state index contributed by atoms with van der Waals surface area (Å²) in [4.78, 5) is 20.2. The van der Waals surface area contributed by atoms with E-state index < -0.39 is 0 Å². The first-order valence-corrected chi connectivity index (χ1v) is 12.1. The lowest BCUT2D eigenvalue weighted by molar-refractivity contribution is 0.192. The summed E-state index contributed by atoms with van der Waals surface area (Å²) in [7, 11) is 1.67. The maximum absolute atomic E-state index is 13.1. The number of urea groups is 1. The third-order valence-electron chi connectivity index (χ3n) is 6.94. The summed E-state index contributed by atoms with van der Waals surface area (Å²) in [6.07, 6.45) is 4.87. The van der Waals surface area contributed by atoms with Gasteiger partial charge in [0.15, 0.2) is 0 Å². The van der Waals surface area contributed by atoms with Gasteiger partial charge in [0.25, 0.3) is 0 Å². The van der Waals surface area contributed by atoms with E-state index in [1.807, 2.05) is 59.6 Å². The molecule has 0 aliphatic carbocycles. The number of carbonyl (C=O) groups excluding carboxylic acids is 1. The number of rotatable bonds is 4. The topological polar surface area (TPSA) is 68.1 Å². The maximum atomic E-state index is 13.1. The van der Waals surface area contributed by atoms with Crippen molar-refractivity contribution < 1.29 is 14.3 Å². The molecule has 2 aromatic carbocycles. The molecule has 1 fully saturated rings. The highest BCUT2D eigenvalue weighted by atomic mass is 16.5. The quantitative estimate of drug-likeness (QED) is 0.438. The van der Waals surface area contributed by atoms with Crippen LogP contribution in [0.4, 0.5) is 10.5 Å². The second kappa shape index (κ2) is 8.98. The number of fused-ring (bicyclic) bond motifs is 2. The molecular weight excluding hydrogens is 440 g/mol. The molecule has 4 aromatic rings.